The van der Waals surface area contributed by atoms with E-state index in [0.29, 0.717) is 28.1 Å². The van der Waals surface area contributed by atoms with Crippen LogP contribution in [0.1, 0.15) is 10.4 Å². The number of ketones is 1. The van der Waals surface area contributed by atoms with Gasteiger partial charge in [0.2, 0.25) is 12.6 Å². The second-order valence-electron chi connectivity index (χ2n) is 4.94. The fourth-order valence-corrected chi connectivity index (χ4v) is 1.59. The summed E-state index contributed by atoms with van der Waals surface area (Å²) in [5.41, 5.74) is 0.678. The second-order valence-corrected chi connectivity index (χ2v) is 4.94. The van der Waals surface area contributed by atoms with Gasteiger partial charge in [0.05, 0.1) is 21.1 Å². The molecule has 0 bridgehead atoms. The summed E-state index contributed by atoms with van der Waals surface area (Å²) in [6, 6.07) is 5.32. The van der Waals surface area contributed by atoms with Crippen LogP contribution in [0.2, 0.25) is 0 Å². The summed E-state index contributed by atoms with van der Waals surface area (Å²) in [7, 11) is 5.97. The number of hydrogen-bond donors (Lipinski definition) is 0. The molecule has 0 atom stereocenters. The van der Waals surface area contributed by atoms with Crippen molar-refractivity contribution in [1.29, 1.82) is 0 Å². The molecule has 0 aliphatic carbocycles. The third kappa shape index (κ3) is 2.33. The molecule has 0 aromatic heterocycles. The van der Waals surface area contributed by atoms with Crippen LogP contribution in [0.15, 0.2) is 18.2 Å². The summed E-state index contributed by atoms with van der Waals surface area (Å²) in [5, 5.41) is 0. The molecule has 1 aliphatic rings. The maximum Gasteiger partial charge on any atom is 0.231 e. The first-order valence-electron chi connectivity index (χ1n) is 5.19. The Morgan fingerprint density at radius 1 is 1.25 bits per heavy atom. The van der Waals surface area contributed by atoms with Crippen LogP contribution < -0.4 is 9.47 Å². The van der Waals surface area contributed by atoms with Crippen LogP contribution in [0.5, 0.6) is 11.5 Å². The Labute approximate surface area is 95.0 Å². The number of benzene rings is 1. The van der Waals surface area contributed by atoms with Gasteiger partial charge < -0.3 is 14.0 Å². The Hall–Kier alpha value is -1.55. The van der Waals surface area contributed by atoms with E-state index >= 15 is 0 Å². The molecule has 4 nitrogen and oxygen atoms in total. The Balaban J connectivity index is 2.19. The Morgan fingerprint density at radius 2 is 1.94 bits per heavy atom. The van der Waals surface area contributed by atoms with Crippen molar-refractivity contribution in [2.24, 2.45) is 0 Å². The number of ether oxygens (including phenoxy) is 2. The van der Waals surface area contributed by atoms with Gasteiger partial charge in [-0.15, -0.1) is 0 Å². The van der Waals surface area contributed by atoms with Crippen LogP contribution in [0.25, 0.3) is 0 Å². The molecule has 0 fully saturated rings. The summed E-state index contributed by atoms with van der Waals surface area (Å²) in [6.07, 6.45) is 0. The normalized spacial score (nSPS) is 13.9. The van der Waals surface area contributed by atoms with Gasteiger partial charge in [0.1, 0.15) is 6.54 Å². The summed E-state index contributed by atoms with van der Waals surface area (Å²) in [6.45, 7) is 0.710. The van der Waals surface area contributed by atoms with Gasteiger partial charge in [-0.1, -0.05) is 0 Å². The van der Waals surface area contributed by atoms with Gasteiger partial charge in [-0.25, -0.2) is 0 Å². The molecule has 16 heavy (non-hydrogen) atoms. The Morgan fingerprint density at radius 3 is 2.62 bits per heavy atom. The third-order valence-corrected chi connectivity index (χ3v) is 2.31. The highest BCUT2D eigenvalue weighted by molar-refractivity contribution is 5.97. The first-order valence-corrected chi connectivity index (χ1v) is 5.19. The molecule has 1 aromatic carbocycles. The highest BCUT2D eigenvalue weighted by Gasteiger charge is 2.20. The van der Waals surface area contributed by atoms with Crippen molar-refractivity contribution in [3.63, 3.8) is 0 Å². The van der Waals surface area contributed by atoms with E-state index in [1.807, 2.05) is 21.1 Å². The average molecular weight is 222 g/mol. The Bertz CT molecular complexity index is 421. The van der Waals surface area contributed by atoms with E-state index in [9.17, 15) is 4.79 Å². The summed E-state index contributed by atoms with van der Waals surface area (Å²) >= 11 is 0. The largest absolute Gasteiger partial charge is 0.454 e. The van der Waals surface area contributed by atoms with E-state index in [1.165, 1.54) is 0 Å². The maximum atomic E-state index is 11.9. The zero-order chi connectivity index (χ0) is 11.8. The molecule has 1 aromatic rings. The second kappa shape index (κ2) is 3.79. The number of carbonyl (C=O) groups is 1. The van der Waals surface area contributed by atoms with Crippen molar-refractivity contribution in [3.05, 3.63) is 23.8 Å². The van der Waals surface area contributed by atoms with Crippen LogP contribution in [-0.4, -0.2) is 44.7 Å². The predicted molar refractivity (Wildman–Crippen MR) is 59.8 cm³/mol. The third-order valence-electron chi connectivity index (χ3n) is 2.31. The monoisotopic (exact) mass is 222 g/mol. The van der Waals surface area contributed by atoms with Crippen molar-refractivity contribution >= 4 is 5.78 Å². The van der Waals surface area contributed by atoms with E-state index < -0.39 is 0 Å². The molecular formula is C12H16NO3+. The lowest BCUT2D eigenvalue weighted by molar-refractivity contribution is -0.861. The van der Waals surface area contributed by atoms with Gasteiger partial charge in [0.15, 0.2) is 11.5 Å². The molecule has 0 spiro atoms. The lowest BCUT2D eigenvalue weighted by Gasteiger charge is -2.22. The number of nitrogens with zero attached hydrogens (tertiary/aromatic N) is 1. The van der Waals surface area contributed by atoms with Crippen LogP contribution >= 0.6 is 0 Å². The van der Waals surface area contributed by atoms with Gasteiger partial charge in [-0.2, -0.15) is 0 Å². The molecule has 0 saturated heterocycles. The minimum atomic E-state index is 0.116. The first-order chi connectivity index (χ1) is 7.46. The molecule has 2 rings (SSSR count). The smallest absolute Gasteiger partial charge is 0.231 e. The molecule has 4 heteroatoms. The predicted octanol–water partition coefficient (Wildman–Crippen LogP) is 1.30. The summed E-state index contributed by atoms with van der Waals surface area (Å²) < 4.78 is 11.1. The number of carbonyl (C=O) groups excluding carboxylic acids is 1. The molecule has 1 aliphatic heterocycles. The van der Waals surface area contributed by atoms with Gasteiger partial charge in [0, 0.05) is 5.56 Å². The lowest BCUT2D eigenvalue weighted by atomic mass is 10.1. The van der Waals surface area contributed by atoms with Crippen molar-refractivity contribution < 1.29 is 18.8 Å². The highest BCUT2D eigenvalue weighted by atomic mass is 16.7. The van der Waals surface area contributed by atoms with Gasteiger partial charge >= 0.3 is 0 Å². The van der Waals surface area contributed by atoms with Crippen molar-refractivity contribution in [1.82, 2.24) is 0 Å². The summed E-state index contributed by atoms with van der Waals surface area (Å²) in [4.78, 5) is 11.9. The molecule has 0 unspecified atom stereocenters. The number of rotatable bonds is 3. The molecule has 1 heterocycles. The van der Waals surface area contributed by atoms with Gasteiger partial charge in [-0.05, 0) is 18.2 Å². The van der Waals surface area contributed by atoms with E-state index in [0.717, 1.165) is 0 Å². The minimum Gasteiger partial charge on any atom is -0.454 e. The average Bonchev–Trinajstić information content (AvgIpc) is 2.61. The first kappa shape index (κ1) is 11.0. The highest BCUT2D eigenvalue weighted by Crippen LogP contribution is 2.32. The minimum absolute atomic E-state index is 0.116. The molecule has 0 amide bonds. The van der Waals surface area contributed by atoms with E-state index in [2.05, 4.69) is 0 Å². The lowest BCUT2D eigenvalue weighted by Crippen LogP contribution is -2.39. The molecule has 86 valence electrons. The molecule has 0 saturated carbocycles. The van der Waals surface area contributed by atoms with Crippen molar-refractivity contribution in [2.45, 2.75) is 0 Å². The summed E-state index contributed by atoms with van der Waals surface area (Å²) in [5.74, 6) is 1.49. The number of hydrogen-bond acceptors (Lipinski definition) is 3. The number of fused-ring (bicyclic) bond motifs is 1. The zero-order valence-corrected chi connectivity index (χ0v) is 9.82. The number of Topliss-reactive ketones (excluding diaryl/α,β-unsaturated/α-hetero) is 1. The molecular weight excluding hydrogens is 206 g/mol. The van der Waals surface area contributed by atoms with Crippen LogP contribution in [-0.2, 0) is 0 Å². The van der Waals surface area contributed by atoms with E-state index in [1.54, 1.807) is 18.2 Å². The SMILES string of the molecule is C[N+](C)(C)CC(=O)c1ccc2c(c1)OCO2. The molecule has 0 radical (unpaired) electrons. The Kier molecular flexibility index (Phi) is 2.59. The van der Waals surface area contributed by atoms with Crippen molar-refractivity contribution in [3.8, 4) is 11.5 Å². The van der Waals surface area contributed by atoms with E-state index in [4.69, 9.17) is 9.47 Å². The zero-order valence-electron chi connectivity index (χ0n) is 9.82. The van der Waals surface area contributed by atoms with Gasteiger partial charge in [-0.3, -0.25) is 4.79 Å². The van der Waals surface area contributed by atoms with E-state index in [-0.39, 0.29) is 12.6 Å². The number of quaternary nitrogens is 1. The standard InChI is InChI=1S/C12H16NO3/c1-13(2,3)7-10(14)9-4-5-11-12(6-9)16-8-15-11/h4-6H,7-8H2,1-3H3/q+1. The van der Waals surface area contributed by atoms with Gasteiger partial charge in [0.25, 0.3) is 0 Å². The van der Waals surface area contributed by atoms with Crippen molar-refractivity contribution in [2.75, 3.05) is 34.5 Å². The van der Waals surface area contributed by atoms with Crippen LogP contribution in [0.3, 0.4) is 0 Å². The fraction of sp³-hybridized carbons (Fsp3) is 0.417. The maximum absolute atomic E-state index is 11.9. The van der Waals surface area contributed by atoms with Crippen LogP contribution in [0, 0.1) is 0 Å². The topological polar surface area (TPSA) is 35.5 Å². The quantitative estimate of drug-likeness (QED) is 0.571. The number of likely N-dealkylation sites (N-methyl/N-ethyl adjacent to an activating group) is 1. The van der Waals surface area contributed by atoms with Crippen LogP contribution in [0.4, 0.5) is 0 Å². The molecule has 0 N–H and O–H groups in total. The fourth-order valence-electron chi connectivity index (χ4n) is 1.59.